The fourth-order valence-corrected chi connectivity index (χ4v) is 3.41. The van der Waals surface area contributed by atoms with Crippen molar-refractivity contribution in [2.75, 3.05) is 19.7 Å². The minimum absolute atomic E-state index is 0.0605. The fourth-order valence-electron chi connectivity index (χ4n) is 3.41. The van der Waals surface area contributed by atoms with Crippen molar-refractivity contribution in [2.45, 2.75) is 25.3 Å². The topological polar surface area (TPSA) is 41.6 Å². The minimum Gasteiger partial charge on any atom is -0.371 e. The summed E-state index contributed by atoms with van der Waals surface area (Å²) in [6.45, 7) is -1.60. The lowest BCUT2D eigenvalue weighted by atomic mass is 10.0. The van der Waals surface area contributed by atoms with Gasteiger partial charge in [-0.1, -0.05) is 12.1 Å². The number of alkyl halides is 3. The fraction of sp³-hybridized carbons (Fsp3) is 0.350. The highest BCUT2D eigenvalue weighted by Crippen LogP contribution is 2.31. The second kappa shape index (κ2) is 7.18. The van der Waals surface area contributed by atoms with Crippen LogP contribution in [0.15, 0.2) is 36.4 Å². The van der Waals surface area contributed by atoms with E-state index in [1.807, 2.05) is 0 Å². The zero-order chi connectivity index (χ0) is 21.7. The first-order chi connectivity index (χ1) is 14.1. The van der Waals surface area contributed by atoms with Crippen LogP contribution in [0.5, 0.6) is 0 Å². The van der Waals surface area contributed by atoms with E-state index in [9.17, 15) is 22.4 Å². The summed E-state index contributed by atoms with van der Waals surface area (Å²) < 4.78 is 75.5. The van der Waals surface area contributed by atoms with Crippen molar-refractivity contribution < 1.29 is 29.8 Å². The molecule has 2 heterocycles. The Morgan fingerprint density at radius 2 is 2.07 bits per heavy atom. The third-order valence-corrected chi connectivity index (χ3v) is 4.76. The third-order valence-electron chi connectivity index (χ3n) is 4.76. The second-order valence-corrected chi connectivity index (χ2v) is 6.74. The molecule has 1 fully saturated rings. The summed E-state index contributed by atoms with van der Waals surface area (Å²) in [6.07, 6.45) is -5.32. The standard InChI is InChI=1S/C20H18F4N2O2/c21-16-6-12(5-15(8-16)20(22,23)24)10-26-3-4-28-18(11-26)13-1-2-17-14(7-13)9-25-19(17)27/h1-2,5-8,18H,3-4,9-11H2,(H,25,27)/t18-/m0/s1/i10D2. The molecular formula is C20H18F4N2O2. The Bertz CT molecular complexity index is 997. The van der Waals surface area contributed by atoms with Crippen molar-refractivity contribution in [1.29, 1.82) is 0 Å². The van der Waals surface area contributed by atoms with Crippen molar-refractivity contribution in [1.82, 2.24) is 10.2 Å². The van der Waals surface area contributed by atoms with E-state index in [-0.39, 0.29) is 25.6 Å². The number of nitrogens with zero attached hydrogens (tertiary/aromatic N) is 1. The monoisotopic (exact) mass is 396 g/mol. The molecule has 148 valence electrons. The zero-order valence-electron chi connectivity index (χ0n) is 16.6. The number of halogens is 4. The molecule has 0 saturated carbocycles. The SMILES string of the molecule is [2H]C([2H])(c1cc(F)cc(C(F)(F)F)c1)N1CCO[C@H](c2ccc3c(c2)CNC3=O)C1. The number of nitrogens with one attached hydrogen (secondary N) is 1. The molecule has 1 N–H and O–H groups in total. The van der Waals surface area contributed by atoms with Crippen LogP contribution in [-0.4, -0.2) is 30.5 Å². The van der Waals surface area contributed by atoms with Crippen LogP contribution in [0.3, 0.4) is 0 Å². The van der Waals surface area contributed by atoms with Crippen molar-refractivity contribution in [2.24, 2.45) is 0 Å². The predicted octanol–water partition coefficient (Wildman–Crippen LogP) is 3.66. The number of amides is 1. The first kappa shape index (κ1) is 16.5. The van der Waals surface area contributed by atoms with Crippen LogP contribution in [0.25, 0.3) is 0 Å². The summed E-state index contributed by atoms with van der Waals surface area (Å²) in [6, 6.07) is 6.97. The van der Waals surface area contributed by atoms with E-state index in [0.29, 0.717) is 24.2 Å². The van der Waals surface area contributed by atoms with Crippen molar-refractivity contribution in [3.05, 3.63) is 70.0 Å². The lowest BCUT2D eigenvalue weighted by Gasteiger charge is -2.33. The number of morpholine rings is 1. The van der Waals surface area contributed by atoms with Gasteiger partial charge in [-0.15, -0.1) is 0 Å². The molecule has 0 bridgehead atoms. The maximum Gasteiger partial charge on any atom is 0.416 e. The molecular weight excluding hydrogens is 376 g/mol. The van der Waals surface area contributed by atoms with Gasteiger partial charge >= 0.3 is 6.18 Å². The lowest BCUT2D eigenvalue weighted by Crippen LogP contribution is -2.37. The molecule has 4 rings (SSSR count). The van der Waals surface area contributed by atoms with Crippen LogP contribution in [0, 0.1) is 5.82 Å². The highest BCUT2D eigenvalue weighted by atomic mass is 19.4. The van der Waals surface area contributed by atoms with E-state index >= 15 is 0 Å². The molecule has 1 saturated heterocycles. The lowest BCUT2D eigenvalue weighted by molar-refractivity contribution is -0.137. The molecule has 4 nitrogen and oxygen atoms in total. The summed E-state index contributed by atoms with van der Waals surface area (Å²) in [5.41, 5.74) is 0.476. The van der Waals surface area contributed by atoms with E-state index in [1.54, 1.807) is 18.2 Å². The number of ether oxygens (including phenoxy) is 1. The van der Waals surface area contributed by atoms with E-state index in [1.165, 1.54) is 4.90 Å². The van der Waals surface area contributed by atoms with Crippen LogP contribution in [-0.2, 0) is 24.0 Å². The molecule has 0 spiro atoms. The van der Waals surface area contributed by atoms with Crippen LogP contribution in [0.1, 0.15) is 41.5 Å². The van der Waals surface area contributed by atoms with Crippen molar-refractivity contribution in [3.63, 3.8) is 0 Å². The van der Waals surface area contributed by atoms with E-state index in [0.717, 1.165) is 17.2 Å². The van der Waals surface area contributed by atoms with Crippen LogP contribution in [0.4, 0.5) is 17.6 Å². The normalized spacial score (nSPS) is 21.7. The number of fused-ring (bicyclic) bond motifs is 1. The van der Waals surface area contributed by atoms with E-state index in [4.69, 9.17) is 7.48 Å². The molecule has 8 heteroatoms. The number of rotatable bonds is 3. The van der Waals surface area contributed by atoms with Gasteiger partial charge in [-0.3, -0.25) is 9.69 Å². The van der Waals surface area contributed by atoms with Gasteiger partial charge in [0.25, 0.3) is 5.91 Å². The Morgan fingerprint density at radius 1 is 1.25 bits per heavy atom. The molecule has 0 aliphatic carbocycles. The van der Waals surface area contributed by atoms with Gasteiger partial charge in [0.05, 0.1) is 18.3 Å². The molecule has 2 aromatic carbocycles. The zero-order valence-corrected chi connectivity index (χ0v) is 14.6. The van der Waals surface area contributed by atoms with Gasteiger partial charge in [-0.25, -0.2) is 4.39 Å². The summed E-state index contributed by atoms with van der Waals surface area (Å²) in [5, 5.41) is 2.71. The highest BCUT2D eigenvalue weighted by Gasteiger charge is 2.32. The Morgan fingerprint density at radius 3 is 2.86 bits per heavy atom. The average molecular weight is 396 g/mol. The number of carbonyl (C=O) groups excluding carboxylic acids is 1. The molecule has 1 amide bonds. The Hall–Kier alpha value is -2.45. The Balaban J connectivity index is 1.60. The Kier molecular flexibility index (Phi) is 4.23. The molecule has 0 radical (unpaired) electrons. The van der Waals surface area contributed by atoms with E-state index in [2.05, 4.69) is 5.32 Å². The first-order valence-electron chi connectivity index (χ1n) is 9.71. The van der Waals surface area contributed by atoms with Gasteiger partial charge in [0.15, 0.2) is 0 Å². The molecule has 1 atom stereocenters. The molecule has 2 aromatic rings. The number of hydrogen-bond donors (Lipinski definition) is 1. The van der Waals surface area contributed by atoms with Gasteiger partial charge in [0.2, 0.25) is 0 Å². The third kappa shape index (κ3) is 3.88. The minimum atomic E-state index is -4.78. The van der Waals surface area contributed by atoms with E-state index < -0.39 is 35.7 Å². The van der Waals surface area contributed by atoms with Crippen LogP contribution >= 0.6 is 0 Å². The predicted molar refractivity (Wildman–Crippen MR) is 93.0 cm³/mol. The summed E-state index contributed by atoms with van der Waals surface area (Å²) in [5.74, 6) is -1.31. The molecule has 28 heavy (non-hydrogen) atoms. The number of benzene rings is 2. The van der Waals surface area contributed by atoms with Gasteiger partial charge in [0.1, 0.15) is 5.82 Å². The molecule has 2 aliphatic rings. The maximum absolute atomic E-state index is 13.8. The average Bonchev–Trinajstić information content (AvgIpc) is 3.07. The summed E-state index contributed by atoms with van der Waals surface area (Å²) >= 11 is 0. The number of carbonyl (C=O) groups is 1. The summed E-state index contributed by atoms with van der Waals surface area (Å²) in [7, 11) is 0. The Labute approximate surface area is 161 Å². The van der Waals surface area contributed by atoms with Crippen LogP contribution < -0.4 is 5.32 Å². The van der Waals surface area contributed by atoms with Gasteiger partial charge < -0.3 is 10.1 Å². The first-order valence-corrected chi connectivity index (χ1v) is 8.71. The van der Waals surface area contributed by atoms with Gasteiger partial charge in [-0.05, 0) is 41.0 Å². The van der Waals surface area contributed by atoms with Gasteiger partial charge in [0, 0.05) is 34.4 Å². The number of hydrogen-bond acceptors (Lipinski definition) is 3. The maximum atomic E-state index is 13.8. The second-order valence-electron chi connectivity index (χ2n) is 6.74. The molecule has 0 unspecified atom stereocenters. The van der Waals surface area contributed by atoms with Gasteiger partial charge in [-0.2, -0.15) is 13.2 Å². The highest BCUT2D eigenvalue weighted by molar-refractivity contribution is 5.98. The molecule has 0 aromatic heterocycles. The largest absolute Gasteiger partial charge is 0.416 e. The molecule has 2 aliphatic heterocycles. The van der Waals surface area contributed by atoms with Crippen molar-refractivity contribution in [3.8, 4) is 0 Å². The smallest absolute Gasteiger partial charge is 0.371 e. The van der Waals surface area contributed by atoms with Crippen molar-refractivity contribution >= 4 is 5.91 Å². The summed E-state index contributed by atoms with van der Waals surface area (Å²) in [4.78, 5) is 13.0. The van der Waals surface area contributed by atoms with Crippen LogP contribution in [0.2, 0.25) is 0 Å². The quantitative estimate of drug-likeness (QED) is 0.806.